The summed E-state index contributed by atoms with van der Waals surface area (Å²) in [6, 6.07) is 11.2. The molecule has 0 unspecified atom stereocenters. The molecule has 0 aromatic heterocycles. The summed E-state index contributed by atoms with van der Waals surface area (Å²) < 4.78 is 38.1. The molecule has 0 aliphatic carbocycles. The molecule has 2 aromatic rings. The predicted octanol–water partition coefficient (Wildman–Crippen LogP) is 2.23. The third-order valence-electron chi connectivity index (χ3n) is 5.22. The number of carbonyl (C=O) groups excluding carboxylic acids is 3. The number of amides is 2. The molecule has 3 rings (SSSR count). The van der Waals surface area contributed by atoms with Crippen molar-refractivity contribution in [2.45, 2.75) is 31.2 Å². The van der Waals surface area contributed by atoms with Crippen molar-refractivity contribution < 1.29 is 32.3 Å². The fourth-order valence-corrected chi connectivity index (χ4v) is 4.71. The van der Waals surface area contributed by atoms with Gasteiger partial charge in [-0.1, -0.05) is 26.0 Å². The molecule has 2 aromatic carbocycles. The van der Waals surface area contributed by atoms with E-state index >= 15 is 0 Å². The van der Waals surface area contributed by atoms with E-state index in [4.69, 9.17) is 9.47 Å². The Kier molecular flexibility index (Phi) is 7.50. The van der Waals surface area contributed by atoms with Gasteiger partial charge in [0.2, 0.25) is 10.0 Å². The van der Waals surface area contributed by atoms with Gasteiger partial charge in [-0.3, -0.25) is 19.3 Å². The van der Waals surface area contributed by atoms with Gasteiger partial charge in [0.15, 0.2) is 0 Å². The molecule has 1 aliphatic heterocycles. The maximum Gasteiger partial charge on any atom is 0.324 e. The van der Waals surface area contributed by atoms with E-state index in [1.54, 1.807) is 38.1 Å². The van der Waals surface area contributed by atoms with Crippen LogP contribution < -0.4 is 9.46 Å². The zero-order valence-electron chi connectivity index (χ0n) is 18.6. The highest BCUT2D eigenvalue weighted by molar-refractivity contribution is 7.89. The second-order valence-electron chi connectivity index (χ2n) is 7.85. The average molecular weight is 475 g/mol. The van der Waals surface area contributed by atoms with Crippen molar-refractivity contribution >= 4 is 27.8 Å². The molecule has 0 saturated heterocycles. The van der Waals surface area contributed by atoms with Gasteiger partial charge < -0.3 is 9.47 Å². The van der Waals surface area contributed by atoms with Gasteiger partial charge in [0.1, 0.15) is 11.8 Å². The van der Waals surface area contributed by atoms with Crippen molar-refractivity contribution in [3.8, 4) is 5.75 Å². The Bertz CT molecular complexity index is 1110. The number of benzene rings is 2. The Labute approximate surface area is 192 Å². The summed E-state index contributed by atoms with van der Waals surface area (Å²) in [7, 11) is -2.49. The van der Waals surface area contributed by atoms with Crippen molar-refractivity contribution in [2.75, 3.05) is 20.3 Å². The van der Waals surface area contributed by atoms with Crippen LogP contribution in [0, 0.1) is 5.92 Å². The molecule has 33 heavy (non-hydrogen) atoms. The maximum atomic E-state index is 12.7. The van der Waals surface area contributed by atoms with E-state index < -0.39 is 22.0 Å². The molecule has 1 aliphatic rings. The minimum atomic E-state index is -3.97. The lowest BCUT2D eigenvalue weighted by molar-refractivity contribution is -0.146. The average Bonchev–Trinajstić information content (AvgIpc) is 3.05. The van der Waals surface area contributed by atoms with E-state index in [0.717, 1.165) is 4.90 Å². The third-order valence-corrected chi connectivity index (χ3v) is 6.68. The van der Waals surface area contributed by atoms with Crippen molar-refractivity contribution in [1.82, 2.24) is 9.62 Å². The normalized spacial score (nSPS) is 14.4. The number of nitrogens with one attached hydrogen (secondary N) is 1. The van der Waals surface area contributed by atoms with Crippen LogP contribution in [0.4, 0.5) is 0 Å². The molecule has 9 nitrogen and oxygen atoms in total. The molecule has 1 heterocycles. The third kappa shape index (κ3) is 5.40. The largest absolute Gasteiger partial charge is 0.497 e. The van der Waals surface area contributed by atoms with Crippen LogP contribution in [0.1, 0.15) is 41.0 Å². The van der Waals surface area contributed by atoms with Gasteiger partial charge in [0, 0.05) is 6.54 Å². The first-order valence-electron chi connectivity index (χ1n) is 10.4. The molecule has 0 fully saturated rings. The second-order valence-corrected chi connectivity index (χ2v) is 9.56. The van der Waals surface area contributed by atoms with Crippen LogP contribution in [0.2, 0.25) is 0 Å². The molecule has 10 heteroatoms. The maximum absolute atomic E-state index is 12.7. The lowest BCUT2D eigenvalue weighted by Crippen LogP contribution is -2.45. The molecule has 0 spiro atoms. The van der Waals surface area contributed by atoms with Crippen LogP contribution in [0.5, 0.6) is 5.75 Å². The monoisotopic (exact) mass is 474 g/mol. The topological polar surface area (TPSA) is 119 Å². The van der Waals surface area contributed by atoms with Crippen LogP contribution >= 0.6 is 0 Å². The number of fused-ring (bicyclic) bond motifs is 1. The molecule has 2 amide bonds. The fourth-order valence-electron chi connectivity index (χ4n) is 3.37. The van der Waals surface area contributed by atoms with Gasteiger partial charge >= 0.3 is 5.97 Å². The quantitative estimate of drug-likeness (QED) is 0.319. The van der Waals surface area contributed by atoms with Gasteiger partial charge in [-0.2, -0.15) is 4.72 Å². The zero-order chi connectivity index (χ0) is 24.2. The van der Waals surface area contributed by atoms with E-state index in [9.17, 15) is 22.8 Å². The van der Waals surface area contributed by atoms with Crippen LogP contribution in [-0.2, 0) is 19.6 Å². The number of imide groups is 1. The van der Waals surface area contributed by atoms with E-state index in [-0.39, 0.29) is 42.2 Å². The molecular formula is C23H26N2O7S. The highest BCUT2D eigenvalue weighted by Gasteiger charge is 2.35. The number of ether oxygens (including phenoxy) is 2. The minimum absolute atomic E-state index is 0.00706. The predicted molar refractivity (Wildman–Crippen MR) is 119 cm³/mol. The van der Waals surface area contributed by atoms with Gasteiger partial charge in [-0.05, 0) is 48.7 Å². The van der Waals surface area contributed by atoms with E-state index in [2.05, 4.69) is 4.72 Å². The van der Waals surface area contributed by atoms with Gasteiger partial charge in [0.25, 0.3) is 11.8 Å². The summed E-state index contributed by atoms with van der Waals surface area (Å²) in [5.41, 5.74) is 0.708. The first kappa shape index (κ1) is 24.4. The van der Waals surface area contributed by atoms with E-state index in [1.165, 1.54) is 31.4 Å². The molecule has 0 bridgehead atoms. The minimum Gasteiger partial charge on any atom is -0.497 e. The van der Waals surface area contributed by atoms with Crippen molar-refractivity contribution in [3.05, 3.63) is 59.7 Å². The SMILES string of the molecule is COc1ccc(S(=O)(=O)N[C@H](C(=O)OCCCN2C(=O)c3ccccc3C2=O)C(C)C)cc1. The Morgan fingerprint density at radius 3 is 2.09 bits per heavy atom. The van der Waals surface area contributed by atoms with Crippen molar-refractivity contribution in [1.29, 1.82) is 0 Å². The Morgan fingerprint density at radius 1 is 1.00 bits per heavy atom. The number of hydrogen-bond donors (Lipinski definition) is 1. The van der Waals surface area contributed by atoms with E-state index in [1.807, 2.05) is 0 Å². The molecule has 176 valence electrons. The van der Waals surface area contributed by atoms with Crippen LogP contribution in [0.15, 0.2) is 53.4 Å². The number of sulfonamides is 1. The zero-order valence-corrected chi connectivity index (χ0v) is 19.4. The summed E-state index contributed by atoms with van der Waals surface area (Å²) in [5, 5.41) is 0. The second kappa shape index (κ2) is 10.1. The Balaban J connectivity index is 1.55. The summed E-state index contributed by atoms with van der Waals surface area (Å²) in [6.07, 6.45) is 0.229. The number of carbonyl (C=O) groups is 3. The lowest BCUT2D eigenvalue weighted by Gasteiger charge is -2.21. The fraction of sp³-hybridized carbons (Fsp3) is 0.348. The molecule has 1 atom stereocenters. The number of methoxy groups -OCH3 is 1. The van der Waals surface area contributed by atoms with Crippen LogP contribution in [-0.4, -0.2) is 57.4 Å². The van der Waals surface area contributed by atoms with Gasteiger partial charge in [-0.15, -0.1) is 0 Å². The Morgan fingerprint density at radius 2 is 1.58 bits per heavy atom. The van der Waals surface area contributed by atoms with Crippen LogP contribution in [0.3, 0.4) is 0 Å². The first-order valence-corrected chi connectivity index (χ1v) is 11.9. The summed E-state index contributed by atoms with van der Waals surface area (Å²) in [4.78, 5) is 38.4. The number of hydrogen-bond acceptors (Lipinski definition) is 7. The van der Waals surface area contributed by atoms with Crippen molar-refractivity contribution in [2.24, 2.45) is 5.92 Å². The molecule has 1 N–H and O–H groups in total. The highest BCUT2D eigenvalue weighted by atomic mass is 32.2. The van der Waals surface area contributed by atoms with Gasteiger partial charge in [-0.25, -0.2) is 8.42 Å². The molecule has 0 radical (unpaired) electrons. The molecule has 0 saturated carbocycles. The van der Waals surface area contributed by atoms with Crippen molar-refractivity contribution in [3.63, 3.8) is 0 Å². The van der Waals surface area contributed by atoms with E-state index in [0.29, 0.717) is 16.9 Å². The van der Waals surface area contributed by atoms with Crippen LogP contribution in [0.25, 0.3) is 0 Å². The molecular weight excluding hydrogens is 448 g/mol. The summed E-state index contributed by atoms with van der Waals surface area (Å²) in [5.74, 6) is -1.36. The smallest absolute Gasteiger partial charge is 0.324 e. The number of esters is 1. The van der Waals surface area contributed by atoms with Gasteiger partial charge in [0.05, 0.1) is 29.7 Å². The number of rotatable bonds is 10. The first-order chi connectivity index (χ1) is 15.7. The number of nitrogens with zero attached hydrogens (tertiary/aromatic N) is 1. The Hall–Kier alpha value is -3.24. The highest BCUT2D eigenvalue weighted by Crippen LogP contribution is 2.22. The lowest BCUT2D eigenvalue weighted by atomic mass is 10.1. The summed E-state index contributed by atoms with van der Waals surface area (Å²) >= 11 is 0. The summed E-state index contributed by atoms with van der Waals surface area (Å²) in [6.45, 7) is 3.41. The standard InChI is InChI=1S/C23H26N2O7S/c1-15(2)20(24-33(29,30)17-11-9-16(31-3)10-12-17)23(28)32-14-6-13-25-21(26)18-7-4-5-8-19(18)22(25)27/h4-5,7-12,15,20,24H,6,13-14H2,1-3H3/t20-/m0/s1.